The molecule has 0 unspecified atom stereocenters. The number of carbonyl (C=O) groups excluding carboxylic acids is 1. The van der Waals surface area contributed by atoms with Crippen LogP contribution in [0.3, 0.4) is 0 Å². The van der Waals surface area contributed by atoms with Gasteiger partial charge < -0.3 is 5.11 Å². The summed E-state index contributed by atoms with van der Waals surface area (Å²) < 4.78 is 0. The fourth-order valence-corrected chi connectivity index (χ4v) is 4.34. The Morgan fingerprint density at radius 2 is 1.71 bits per heavy atom. The van der Waals surface area contributed by atoms with Gasteiger partial charge in [0.25, 0.3) is 5.91 Å². The van der Waals surface area contributed by atoms with Crippen LogP contribution in [0.1, 0.15) is 46.9 Å². The van der Waals surface area contributed by atoms with Crippen molar-refractivity contribution in [1.29, 1.82) is 0 Å². The van der Waals surface area contributed by atoms with E-state index in [4.69, 9.17) is 11.6 Å². The fraction of sp³-hybridized carbons (Fsp3) is 0.208. The van der Waals surface area contributed by atoms with Crippen LogP contribution in [0.5, 0.6) is 5.75 Å². The minimum absolute atomic E-state index is 0.111. The van der Waals surface area contributed by atoms with Gasteiger partial charge in [0.05, 0.1) is 6.04 Å². The lowest BCUT2D eigenvalue weighted by Crippen LogP contribution is -2.38. The third-order valence-corrected chi connectivity index (χ3v) is 5.84. The molecule has 3 aromatic rings. The van der Waals surface area contributed by atoms with E-state index < -0.39 is 0 Å². The molecule has 1 aliphatic heterocycles. The van der Waals surface area contributed by atoms with E-state index in [-0.39, 0.29) is 23.1 Å². The molecule has 0 aliphatic carbocycles. The lowest BCUT2D eigenvalue weighted by molar-refractivity contribution is 0.0971. The number of aryl methyl sites for hydroxylation is 1. The van der Waals surface area contributed by atoms with Gasteiger partial charge >= 0.3 is 0 Å². The molecule has 4 rings (SSSR count). The summed E-state index contributed by atoms with van der Waals surface area (Å²) in [5, 5.41) is 11.2. The van der Waals surface area contributed by atoms with Gasteiger partial charge in [0.2, 0.25) is 0 Å². The molecule has 0 saturated heterocycles. The zero-order chi connectivity index (χ0) is 20.1. The number of fused-ring (bicyclic) bond motifs is 1. The molecule has 1 heterocycles. The topological polar surface area (TPSA) is 40.5 Å². The van der Waals surface area contributed by atoms with Crippen molar-refractivity contribution in [3.8, 4) is 5.75 Å². The Balaban J connectivity index is 1.93. The van der Waals surface area contributed by atoms with E-state index >= 15 is 0 Å². The number of hydrogen-bond acceptors (Lipinski definition) is 2. The monoisotopic (exact) mass is 391 g/mol. The largest absolute Gasteiger partial charge is 0.508 e. The predicted molar refractivity (Wildman–Crippen MR) is 113 cm³/mol. The van der Waals surface area contributed by atoms with Crippen molar-refractivity contribution in [2.75, 3.05) is 4.90 Å². The summed E-state index contributed by atoms with van der Waals surface area (Å²) >= 11 is 6.01. The molecule has 1 N–H and O–H groups in total. The van der Waals surface area contributed by atoms with Crippen LogP contribution in [0, 0.1) is 6.92 Å². The number of amides is 1. The van der Waals surface area contributed by atoms with E-state index in [2.05, 4.69) is 19.9 Å². The first-order valence-electron chi connectivity index (χ1n) is 9.29. The second kappa shape index (κ2) is 6.68. The number of para-hydroxylation sites is 1. The van der Waals surface area contributed by atoms with E-state index in [1.54, 1.807) is 30.3 Å². The number of rotatable bonds is 2. The summed E-state index contributed by atoms with van der Waals surface area (Å²) in [4.78, 5) is 15.4. The SMILES string of the molecule is Cc1ccc(O)c([C@H]2N(C(=O)c3ccc(Cl)cc3)c3ccccc3C2(C)C)c1. The first-order valence-corrected chi connectivity index (χ1v) is 9.66. The molecule has 4 heteroatoms. The Labute approximate surface area is 170 Å². The predicted octanol–water partition coefficient (Wildman–Crippen LogP) is 6.03. The molecule has 0 saturated carbocycles. The number of halogens is 1. The third kappa shape index (κ3) is 2.87. The molecule has 28 heavy (non-hydrogen) atoms. The summed E-state index contributed by atoms with van der Waals surface area (Å²) in [6.45, 7) is 6.23. The average Bonchev–Trinajstić information content (AvgIpc) is 2.91. The minimum atomic E-state index is -0.371. The third-order valence-electron chi connectivity index (χ3n) is 5.59. The lowest BCUT2D eigenvalue weighted by Gasteiger charge is -2.34. The Hall–Kier alpha value is -2.78. The normalized spacial score (nSPS) is 17.4. The van der Waals surface area contributed by atoms with Crippen LogP contribution in [-0.4, -0.2) is 11.0 Å². The summed E-state index contributed by atoms with van der Waals surface area (Å²) in [6.07, 6.45) is 0. The molecule has 1 aliphatic rings. The van der Waals surface area contributed by atoms with Gasteiger partial charge in [-0.1, -0.05) is 61.3 Å². The number of benzene rings is 3. The quantitative estimate of drug-likeness (QED) is 0.579. The number of phenolic OH excluding ortho intramolecular Hbond substituents is 1. The Kier molecular flexibility index (Phi) is 4.43. The summed E-state index contributed by atoms with van der Waals surface area (Å²) in [6, 6.07) is 20.1. The van der Waals surface area contributed by atoms with Gasteiger partial charge in [0.1, 0.15) is 5.75 Å². The van der Waals surface area contributed by atoms with Gasteiger partial charge in [-0.15, -0.1) is 0 Å². The maximum Gasteiger partial charge on any atom is 0.258 e. The molecular weight excluding hydrogens is 370 g/mol. The smallest absolute Gasteiger partial charge is 0.258 e. The number of aromatic hydroxyl groups is 1. The highest BCUT2D eigenvalue weighted by Gasteiger charge is 2.48. The van der Waals surface area contributed by atoms with Crippen molar-refractivity contribution in [3.05, 3.63) is 94.0 Å². The lowest BCUT2D eigenvalue weighted by atomic mass is 9.77. The first kappa shape index (κ1) is 18.6. The molecule has 0 aromatic heterocycles. The van der Waals surface area contributed by atoms with Crippen molar-refractivity contribution in [2.24, 2.45) is 0 Å². The maximum absolute atomic E-state index is 13.6. The second-order valence-electron chi connectivity index (χ2n) is 7.89. The minimum Gasteiger partial charge on any atom is -0.508 e. The molecule has 0 spiro atoms. The van der Waals surface area contributed by atoms with Crippen LogP contribution in [0.15, 0.2) is 66.7 Å². The molecule has 142 valence electrons. The Morgan fingerprint density at radius 3 is 2.43 bits per heavy atom. The molecule has 0 fully saturated rings. The van der Waals surface area contributed by atoms with Gasteiger partial charge in [-0.3, -0.25) is 9.69 Å². The van der Waals surface area contributed by atoms with Gasteiger partial charge in [-0.05, 0) is 48.9 Å². The van der Waals surface area contributed by atoms with Crippen LogP contribution in [0.4, 0.5) is 5.69 Å². The van der Waals surface area contributed by atoms with Crippen molar-refractivity contribution < 1.29 is 9.90 Å². The number of hydrogen-bond donors (Lipinski definition) is 1. The van der Waals surface area contributed by atoms with Gasteiger partial charge in [0, 0.05) is 27.3 Å². The molecule has 3 nitrogen and oxygen atoms in total. The summed E-state index contributed by atoms with van der Waals surface area (Å²) in [7, 11) is 0. The van der Waals surface area contributed by atoms with Crippen molar-refractivity contribution in [3.63, 3.8) is 0 Å². The highest BCUT2D eigenvalue weighted by molar-refractivity contribution is 6.30. The molecule has 3 aromatic carbocycles. The first-order chi connectivity index (χ1) is 13.3. The van der Waals surface area contributed by atoms with Crippen LogP contribution >= 0.6 is 11.6 Å². The van der Waals surface area contributed by atoms with Crippen LogP contribution < -0.4 is 4.90 Å². The van der Waals surface area contributed by atoms with E-state index in [1.165, 1.54) is 0 Å². The molecule has 0 bridgehead atoms. The maximum atomic E-state index is 13.6. The van der Waals surface area contributed by atoms with Gasteiger partial charge in [-0.2, -0.15) is 0 Å². The second-order valence-corrected chi connectivity index (χ2v) is 8.32. The molecule has 1 amide bonds. The summed E-state index contributed by atoms with van der Waals surface area (Å²) in [5.41, 5.74) is 3.95. The number of anilines is 1. The molecule has 0 radical (unpaired) electrons. The highest BCUT2D eigenvalue weighted by Crippen LogP contribution is 2.54. The van der Waals surface area contributed by atoms with E-state index in [0.29, 0.717) is 10.6 Å². The van der Waals surface area contributed by atoms with Crippen molar-refractivity contribution in [2.45, 2.75) is 32.2 Å². The van der Waals surface area contributed by atoms with E-state index in [0.717, 1.165) is 22.4 Å². The van der Waals surface area contributed by atoms with Crippen molar-refractivity contribution in [1.82, 2.24) is 0 Å². The van der Waals surface area contributed by atoms with Gasteiger partial charge in [0.15, 0.2) is 0 Å². The van der Waals surface area contributed by atoms with Crippen LogP contribution in [0.2, 0.25) is 5.02 Å². The summed E-state index contributed by atoms with van der Waals surface area (Å²) in [5.74, 6) is 0.0889. The van der Waals surface area contributed by atoms with Gasteiger partial charge in [-0.25, -0.2) is 0 Å². The Bertz CT molecular complexity index is 1060. The zero-order valence-electron chi connectivity index (χ0n) is 16.1. The number of nitrogens with zero attached hydrogens (tertiary/aromatic N) is 1. The number of phenols is 1. The number of carbonyl (C=O) groups is 1. The van der Waals surface area contributed by atoms with E-state index in [1.807, 2.05) is 42.2 Å². The van der Waals surface area contributed by atoms with Crippen molar-refractivity contribution >= 4 is 23.2 Å². The zero-order valence-corrected chi connectivity index (χ0v) is 16.9. The van der Waals surface area contributed by atoms with Crippen LogP contribution in [-0.2, 0) is 5.41 Å². The molecule has 1 atom stereocenters. The fourth-order valence-electron chi connectivity index (χ4n) is 4.22. The highest BCUT2D eigenvalue weighted by atomic mass is 35.5. The Morgan fingerprint density at radius 1 is 1.04 bits per heavy atom. The van der Waals surface area contributed by atoms with Crippen LogP contribution in [0.25, 0.3) is 0 Å². The standard InChI is InChI=1S/C24H22ClNO2/c1-15-8-13-21(27)18(14-15)22-24(2,3)19-6-4-5-7-20(19)26(22)23(28)16-9-11-17(25)12-10-16/h4-14,22,27H,1-3H3/t22-/m1/s1. The average molecular weight is 392 g/mol. The molecular formula is C24H22ClNO2. The van der Waals surface area contributed by atoms with E-state index in [9.17, 15) is 9.90 Å².